The van der Waals surface area contributed by atoms with Gasteiger partial charge in [0.25, 0.3) is 0 Å². The number of aromatic nitrogens is 1. The van der Waals surface area contributed by atoms with Gasteiger partial charge in [-0.15, -0.1) is 0 Å². The van der Waals surface area contributed by atoms with Crippen molar-refractivity contribution in [3.63, 3.8) is 0 Å². The normalized spacial score (nSPS) is 10.8. The molecule has 34 heavy (non-hydrogen) atoms. The molecule has 0 saturated carbocycles. The summed E-state index contributed by atoms with van der Waals surface area (Å²) in [5, 5.41) is 11.5. The van der Waals surface area contributed by atoms with Crippen molar-refractivity contribution in [1.82, 2.24) is 9.88 Å². The Bertz CT molecular complexity index is 1180. The number of rotatable bonds is 10. The Morgan fingerprint density at radius 3 is 2.47 bits per heavy atom. The van der Waals surface area contributed by atoms with E-state index >= 15 is 0 Å². The quantitative estimate of drug-likeness (QED) is 0.320. The molecule has 1 aromatic heterocycles. The molecule has 0 aliphatic carbocycles. The first kappa shape index (κ1) is 24.8. The number of carbonyl (C=O) groups excluding carboxylic acids is 1. The Morgan fingerprint density at radius 1 is 1.18 bits per heavy atom. The molecule has 0 fully saturated rings. The number of nitrogens with one attached hydrogen (secondary N) is 1. The van der Waals surface area contributed by atoms with Gasteiger partial charge in [-0.25, -0.2) is 4.39 Å². The fourth-order valence-electron chi connectivity index (χ4n) is 3.27. The minimum atomic E-state index is -0.974. The maximum absolute atomic E-state index is 13.9. The lowest BCUT2D eigenvalue weighted by molar-refractivity contribution is -0.124. The van der Waals surface area contributed by atoms with Crippen LogP contribution in [0.1, 0.15) is 25.8 Å². The van der Waals surface area contributed by atoms with Crippen molar-refractivity contribution in [3.05, 3.63) is 78.4 Å². The van der Waals surface area contributed by atoms with Gasteiger partial charge in [0, 0.05) is 24.6 Å². The molecular formula is C26H25FN4O2S. The van der Waals surface area contributed by atoms with Gasteiger partial charge in [-0.05, 0) is 73.9 Å². The number of pyridine rings is 1. The first-order chi connectivity index (χ1) is 16.3. The zero-order valence-electron chi connectivity index (χ0n) is 19.0. The minimum Gasteiger partial charge on any atom is -0.494 e. The molecule has 0 aliphatic heterocycles. The molecule has 0 bridgehead atoms. The molecular weight excluding hydrogens is 451 g/mol. The summed E-state index contributed by atoms with van der Waals surface area (Å²) >= 11 is 5.14. The van der Waals surface area contributed by atoms with Crippen molar-refractivity contribution in [2.45, 2.75) is 25.8 Å². The van der Waals surface area contributed by atoms with E-state index in [2.05, 4.69) is 10.3 Å². The van der Waals surface area contributed by atoms with Crippen LogP contribution in [-0.4, -0.2) is 40.0 Å². The van der Waals surface area contributed by atoms with Gasteiger partial charge in [0.1, 0.15) is 23.2 Å². The second kappa shape index (κ2) is 11.3. The first-order valence-electron chi connectivity index (χ1n) is 10.7. The van der Waals surface area contributed by atoms with E-state index in [1.54, 1.807) is 37.2 Å². The smallest absolute Gasteiger partial charge is 0.249 e. The van der Waals surface area contributed by atoms with Crippen LogP contribution in [0.3, 0.4) is 0 Å². The maximum atomic E-state index is 13.9. The van der Waals surface area contributed by atoms with Crippen LogP contribution in [0.4, 0.5) is 10.1 Å². The Hall–Kier alpha value is -3.83. The number of hydrogen-bond acceptors (Lipinski definition) is 5. The van der Waals surface area contributed by atoms with Crippen LogP contribution in [-0.2, 0) is 4.79 Å². The van der Waals surface area contributed by atoms with Gasteiger partial charge in [-0.1, -0.05) is 24.4 Å². The van der Waals surface area contributed by atoms with Crippen LogP contribution in [0.5, 0.6) is 5.75 Å². The maximum Gasteiger partial charge on any atom is 0.249 e. The van der Waals surface area contributed by atoms with E-state index in [0.29, 0.717) is 19.6 Å². The number of thiocarbonyl (C=S) groups is 1. The van der Waals surface area contributed by atoms with Gasteiger partial charge in [-0.3, -0.25) is 9.78 Å². The standard InChI is InChI=1S/C26H25FN4O2S/c1-26(2,25(32)30-22-7-4-21(17-28)24(27)16-22)31(18-34)14-3-15-33-23-8-5-19(6-9-23)20-10-12-29-13-11-20/h4-13,16,18H,3,14-15H2,1-2H3,(H,30,32). The number of benzene rings is 2. The van der Waals surface area contributed by atoms with Gasteiger partial charge < -0.3 is 15.0 Å². The second-order valence-corrected chi connectivity index (χ2v) is 8.29. The summed E-state index contributed by atoms with van der Waals surface area (Å²) in [6.07, 6.45) is 4.15. The number of carbonyl (C=O) groups is 1. The predicted octanol–water partition coefficient (Wildman–Crippen LogP) is 5.20. The minimum absolute atomic E-state index is 0.0789. The van der Waals surface area contributed by atoms with E-state index in [-0.39, 0.29) is 17.2 Å². The highest BCUT2D eigenvalue weighted by atomic mass is 32.1. The molecule has 1 heterocycles. The van der Waals surface area contributed by atoms with Crippen LogP contribution in [0.2, 0.25) is 0 Å². The fourth-order valence-corrected chi connectivity index (χ4v) is 3.64. The van der Waals surface area contributed by atoms with E-state index in [1.165, 1.54) is 17.6 Å². The van der Waals surface area contributed by atoms with Crippen LogP contribution in [0, 0.1) is 17.1 Å². The number of amides is 1. The average molecular weight is 477 g/mol. The summed E-state index contributed by atoms with van der Waals surface area (Å²) in [5.41, 5.74) is 2.84. The molecule has 0 aliphatic rings. The average Bonchev–Trinajstić information content (AvgIpc) is 2.85. The zero-order chi connectivity index (χ0) is 24.6. The number of anilines is 1. The predicted molar refractivity (Wildman–Crippen MR) is 134 cm³/mol. The molecule has 0 radical (unpaired) electrons. The summed E-state index contributed by atoms with van der Waals surface area (Å²) in [5.74, 6) is -0.271. The Kier molecular flexibility index (Phi) is 8.28. The van der Waals surface area contributed by atoms with Crippen molar-refractivity contribution >= 4 is 29.3 Å². The van der Waals surface area contributed by atoms with E-state index in [4.69, 9.17) is 22.2 Å². The second-order valence-electron chi connectivity index (χ2n) is 8.08. The molecule has 6 nitrogen and oxygen atoms in total. The van der Waals surface area contributed by atoms with E-state index in [1.807, 2.05) is 36.4 Å². The monoisotopic (exact) mass is 476 g/mol. The molecule has 1 amide bonds. The van der Waals surface area contributed by atoms with Crippen LogP contribution in [0.15, 0.2) is 67.0 Å². The van der Waals surface area contributed by atoms with Gasteiger partial charge in [0.2, 0.25) is 5.91 Å². The summed E-state index contributed by atoms with van der Waals surface area (Å²) in [6.45, 7) is 4.43. The molecule has 0 unspecified atom stereocenters. The Labute approximate surface area is 204 Å². The third-order valence-electron chi connectivity index (χ3n) is 5.43. The summed E-state index contributed by atoms with van der Waals surface area (Å²) in [4.78, 5) is 18.6. The lowest BCUT2D eigenvalue weighted by atomic mass is 10.0. The fraction of sp³-hybridized carbons (Fsp3) is 0.231. The van der Waals surface area contributed by atoms with Crippen LogP contribution >= 0.6 is 12.2 Å². The van der Waals surface area contributed by atoms with Gasteiger partial charge in [0.05, 0.1) is 17.7 Å². The van der Waals surface area contributed by atoms with Crippen LogP contribution in [0.25, 0.3) is 11.1 Å². The number of nitrogens with zero attached hydrogens (tertiary/aromatic N) is 3. The highest BCUT2D eigenvalue weighted by Gasteiger charge is 2.33. The van der Waals surface area contributed by atoms with E-state index < -0.39 is 11.4 Å². The van der Waals surface area contributed by atoms with Gasteiger partial charge in [0.15, 0.2) is 0 Å². The van der Waals surface area contributed by atoms with Gasteiger partial charge in [-0.2, -0.15) is 5.26 Å². The number of nitriles is 1. The van der Waals surface area contributed by atoms with Crippen molar-refractivity contribution in [2.75, 3.05) is 18.5 Å². The van der Waals surface area contributed by atoms with Crippen molar-refractivity contribution in [2.24, 2.45) is 0 Å². The molecule has 0 saturated heterocycles. The molecule has 3 rings (SSSR count). The topological polar surface area (TPSA) is 78.2 Å². The van der Waals surface area contributed by atoms with Crippen molar-refractivity contribution in [3.8, 4) is 22.9 Å². The number of ether oxygens (including phenoxy) is 1. The molecule has 0 spiro atoms. The molecule has 2 aromatic carbocycles. The van der Waals surface area contributed by atoms with Gasteiger partial charge >= 0.3 is 0 Å². The lowest BCUT2D eigenvalue weighted by Gasteiger charge is -2.35. The van der Waals surface area contributed by atoms with Crippen molar-refractivity contribution < 1.29 is 13.9 Å². The largest absolute Gasteiger partial charge is 0.494 e. The van der Waals surface area contributed by atoms with Crippen LogP contribution < -0.4 is 10.1 Å². The summed E-state index contributed by atoms with van der Waals surface area (Å²) in [7, 11) is 0. The molecule has 0 atom stereocenters. The molecule has 1 N–H and O–H groups in total. The highest BCUT2D eigenvalue weighted by Crippen LogP contribution is 2.22. The molecule has 174 valence electrons. The van der Waals surface area contributed by atoms with E-state index in [9.17, 15) is 9.18 Å². The summed E-state index contributed by atoms with van der Waals surface area (Å²) in [6, 6.07) is 17.4. The number of halogens is 1. The Morgan fingerprint density at radius 2 is 1.85 bits per heavy atom. The first-order valence-corrected chi connectivity index (χ1v) is 11.2. The number of hydrogen-bond donors (Lipinski definition) is 1. The lowest BCUT2D eigenvalue weighted by Crippen LogP contribution is -2.52. The van der Waals surface area contributed by atoms with E-state index in [0.717, 1.165) is 22.9 Å². The highest BCUT2D eigenvalue weighted by molar-refractivity contribution is 7.78. The SMILES string of the molecule is CC(C)(C(=O)Nc1ccc(C#N)c(F)c1)N(C=S)CCCOc1ccc(-c2ccncc2)cc1. The third kappa shape index (κ3) is 6.15. The molecule has 3 aromatic rings. The molecule has 8 heteroatoms. The van der Waals surface area contributed by atoms with Crippen molar-refractivity contribution in [1.29, 1.82) is 5.26 Å². The third-order valence-corrected chi connectivity index (χ3v) is 5.68. The summed E-state index contributed by atoms with van der Waals surface area (Å²) < 4.78 is 19.7. The Balaban J connectivity index is 1.51. The zero-order valence-corrected chi connectivity index (χ0v) is 19.8.